The van der Waals surface area contributed by atoms with Crippen LogP contribution >= 0.6 is 0 Å². The number of aryl methyl sites for hydroxylation is 1. The van der Waals surface area contributed by atoms with Gasteiger partial charge in [0, 0.05) is 13.1 Å². The van der Waals surface area contributed by atoms with E-state index >= 15 is 0 Å². The predicted molar refractivity (Wildman–Crippen MR) is 115 cm³/mol. The third kappa shape index (κ3) is 5.80. The molecule has 1 aromatic heterocycles. The number of carbonyl (C=O) groups is 1. The zero-order chi connectivity index (χ0) is 22.4. The molecule has 0 unspecified atom stereocenters. The highest BCUT2D eigenvalue weighted by molar-refractivity contribution is 7.89. The summed E-state index contributed by atoms with van der Waals surface area (Å²) >= 11 is 0. The van der Waals surface area contributed by atoms with Crippen LogP contribution in [0.3, 0.4) is 0 Å². The molecule has 3 rings (SSSR count). The summed E-state index contributed by atoms with van der Waals surface area (Å²) in [6, 6.07) is 15.8. The van der Waals surface area contributed by atoms with E-state index in [4.69, 9.17) is 4.42 Å². The normalized spacial score (nSPS) is 11.6. The van der Waals surface area contributed by atoms with Gasteiger partial charge in [0.1, 0.15) is 11.6 Å². The Morgan fingerprint density at radius 1 is 1.03 bits per heavy atom. The van der Waals surface area contributed by atoms with Crippen LogP contribution < -0.4 is 0 Å². The Kier molecular flexibility index (Phi) is 7.25. The molecule has 1 heterocycles. The molecule has 0 aliphatic heterocycles. The number of carbonyl (C=O) groups excluding carboxylic acids is 1. The summed E-state index contributed by atoms with van der Waals surface area (Å²) in [4.78, 5) is 14.6. The number of hydrogen-bond donors (Lipinski definition) is 0. The van der Waals surface area contributed by atoms with Crippen LogP contribution in [0, 0.1) is 12.7 Å². The highest BCUT2D eigenvalue weighted by Gasteiger charge is 2.29. The quantitative estimate of drug-likeness (QED) is 0.501. The average molecular weight is 445 g/mol. The van der Waals surface area contributed by atoms with Crippen LogP contribution in [0.2, 0.25) is 0 Å². The van der Waals surface area contributed by atoms with Crippen molar-refractivity contribution in [3.05, 3.63) is 89.6 Å². The maximum absolute atomic E-state index is 13.5. The monoisotopic (exact) mass is 444 g/mol. The second-order valence-corrected chi connectivity index (χ2v) is 9.14. The minimum atomic E-state index is -3.94. The lowest BCUT2D eigenvalue weighted by Gasteiger charge is -2.26. The van der Waals surface area contributed by atoms with E-state index in [1.807, 2.05) is 6.92 Å². The molecule has 0 saturated heterocycles. The van der Waals surface area contributed by atoms with E-state index in [2.05, 4.69) is 0 Å². The number of sulfonamides is 1. The molecule has 0 aliphatic rings. The van der Waals surface area contributed by atoms with E-state index in [-0.39, 0.29) is 36.3 Å². The number of rotatable bonds is 9. The average Bonchev–Trinajstić information content (AvgIpc) is 3.25. The van der Waals surface area contributed by atoms with Crippen molar-refractivity contribution in [1.29, 1.82) is 0 Å². The fourth-order valence-electron chi connectivity index (χ4n) is 3.14. The van der Waals surface area contributed by atoms with E-state index in [1.165, 1.54) is 35.4 Å². The second kappa shape index (κ2) is 9.89. The summed E-state index contributed by atoms with van der Waals surface area (Å²) in [5.41, 5.74) is 1.56. The van der Waals surface area contributed by atoms with Gasteiger partial charge in [-0.1, -0.05) is 29.8 Å². The number of amides is 1. The molecule has 3 aromatic rings. The summed E-state index contributed by atoms with van der Waals surface area (Å²) in [6.45, 7) is 3.77. The van der Waals surface area contributed by atoms with Gasteiger partial charge in [-0.15, -0.1) is 0 Å². The number of benzene rings is 2. The molecule has 6 nitrogen and oxygen atoms in total. The minimum Gasteiger partial charge on any atom is -0.468 e. The molecule has 8 heteroatoms. The standard InChI is InChI=1S/C23H25FN2O4S/c1-3-25(15-19-6-4-7-20(24)14-19)23(27)17-26(16-21-8-5-13-30-21)31(28,29)22-11-9-18(2)10-12-22/h4-14H,3,15-17H2,1-2H3. The van der Waals surface area contributed by atoms with Crippen LogP contribution in [-0.2, 0) is 27.9 Å². The Labute approximate surface area is 182 Å². The molecule has 1 amide bonds. The van der Waals surface area contributed by atoms with Crippen LogP contribution in [0.1, 0.15) is 23.8 Å². The van der Waals surface area contributed by atoms with Crippen molar-refractivity contribution in [2.45, 2.75) is 31.8 Å². The Morgan fingerprint density at radius 3 is 2.39 bits per heavy atom. The molecular weight excluding hydrogens is 419 g/mol. The van der Waals surface area contributed by atoms with Gasteiger partial charge in [-0.2, -0.15) is 4.31 Å². The van der Waals surface area contributed by atoms with Gasteiger partial charge >= 0.3 is 0 Å². The molecule has 0 bridgehead atoms. The smallest absolute Gasteiger partial charge is 0.243 e. The van der Waals surface area contributed by atoms with Gasteiger partial charge in [-0.05, 0) is 55.8 Å². The van der Waals surface area contributed by atoms with Crippen LogP contribution in [0.4, 0.5) is 4.39 Å². The number of halogens is 1. The van der Waals surface area contributed by atoms with Gasteiger partial charge in [0.2, 0.25) is 15.9 Å². The van der Waals surface area contributed by atoms with Crippen LogP contribution in [0.25, 0.3) is 0 Å². The van der Waals surface area contributed by atoms with Crippen molar-refractivity contribution in [2.24, 2.45) is 0 Å². The van der Waals surface area contributed by atoms with Gasteiger partial charge in [0.25, 0.3) is 0 Å². The molecule has 2 aromatic carbocycles. The molecule has 0 fully saturated rings. The zero-order valence-corrected chi connectivity index (χ0v) is 18.3. The summed E-state index contributed by atoms with van der Waals surface area (Å²) < 4.78 is 46.5. The maximum atomic E-state index is 13.5. The number of hydrogen-bond acceptors (Lipinski definition) is 4. The fraction of sp³-hybridized carbons (Fsp3) is 0.261. The molecular formula is C23H25FN2O4S. The van der Waals surface area contributed by atoms with Crippen molar-refractivity contribution in [3.63, 3.8) is 0 Å². The largest absolute Gasteiger partial charge is 0.468 e. The first-order valence-corrected chi connectivity index (χ1v) is 11.3. The Balaban J connectivity index is 1.84. The van der Waals surface area contributed by atoms with E-state index in [0.29, 0.717) is 17.9 Å². The first-order chi connectivity index (χ1) is 14.8. The van der Waals surface area contributed by atoms with Crippen LogP contribution in [0.5, 0.6) is 0 Å². The third-order valence-electron chi connectivity index (χ3n) is 4.88. The number of furan rings is 1. The van der Waals surface area contributed by atoms with Crippen molar-refractivity contribution in [3.8, 4) is 0 Å². The van der Waals surface area contributed by atoms with E-state index < -0.39 is 10.0 Å². The number of likely N-dealkylation sites (N-methyl/N-ethyl adjacent to an activating group) is 1. The van der Waals surface area contributed by atoms with Crippen molar-refractivity contribution < 1.29 is 22.0 Å². The predicted octanol–water partition coefficient (Wildman–Crippen LogP) is 3.97. The fourth-order valence-corrected chi connectivity index (χ4v) is 4.50. The lowest BCUT2D eigenvalue weighted by molar-refractivity contribution is -0.131. The minimum absolute atomic E-state index is 0.0769. The van der Waals surface area contributed by atoms with Crippen LogP contribution in [-0.4, -0.2) is 36.6 Å². The molecule has 0 radical (unpaired) electrons. The lowest BCUT2D eigenvalue weighted by Crippen LogP contribution is -2.42. The molecule has 31 heavy (non-hydrogen) atoms. The highest BCUT2D eigenvalue weighted by atomic mass is 32.2. The first kappa shape index (κ1) is 22.7. The molecule has 164 valence electrons. The summed E-state index contributed by atoms with van der Waals surface area (Å²) in [6.07, 6.45) is 1.45. The lowest BCUT2D eigenvalue weighted by atomic mass is 10.2. The molecule has 0 spiro atoms. The maximum Gasteiger partial charge on any atom is 0.243 e. The summed E-state index contributed by atoms with van der Waals surface area (Å²) in [7, 11) is -3.94. The zero-order valence-electron chi connectivity index (χ0n) is 17.5. The highest BCUT2D eigenvalue weighted by Crippen LogP contribution is 2.20. The van der Waals surface area contributed by atoms with Gasteiger partial charge < -0.3 is 9.32 Å². The molecule has 0 atom stereocenters. The Hall–Kier alpha value is -2.97. The van der Waals surface area contributed by atoms with E-state index in [0.717, 1.165) is 9.87 Å². The van der Waals surface area contributed by atoms with E-state index in [1.54, 1.807) is 43.3 Å². The summed E-state index contributed by atoms with van der Waals surface area (Å²) in [5, 5.41) is 0. The van der Waals surface area contributed by atoms with Crippen molar-refractivity contribution in [1.82, 2.24) is 9.21 Å². The van der Waals surface area contributed by atoms with Gasteiger partial charge in [0.15, 0.2) is 0 Å². The Bertz CT molecular complexity index is 1110. The van der Waals surface area contributed by atoms with Crippen molar-refractivity contribution in [2.75, 3.05) is 13.1 Å². The topological polar surface area (TPSA) is 70.8 Å². The van der Waals surface area contributed by atoms with Crippen molar-refractivity contribution >= 4 is 15.9 Å². The van der Waals surface area contributed by atoms with Gasteiger partial charge in [0.05, 0.1) is 24.2 Å². The molecule has 0 N–H and O–H groups in total. The first-order valence-electron chi connectivity index (χ1n) is 9.91. The van der Waals surface area contributed by atoms with Crippen LogP contribution in [0.15, 0.2) is 76.2 Å². The Morgan fingerprint density at radius 2 is 1.77 bits per heavy atom. The summed E-state index contributed by atoms with van der Waals surface area (Å²) in [5.74, 6) is -0.340. The molecule has 0 saturated carbocycles. The van der Waals surface area contributed by atoms with Gasteiger partial charge in [-0.3, -0.25) is 4.79 Å². The van der Waals surface area contributed by atoms with E-state index in [9.17, 15) is 17.6 Å². The van der Waals surface area contributed by atoms with Gasteiger partial charge in [-0.25, -0.2) is 12.8 Å². The number of nitrogens with zero attached hydrogens (tertiary/aromatic N) is 2. The third-order valence-corrected chi connectivity index (χ3v) is 6.69. The molecule has 0 aliphatic carbocycles. The second-order valence-electron chi connectivity index (χ2n) is 7.20. The SMILES string of the molecule is CCN(Cc1cccc(F)c1)C(=O)CN(Cc1ccco1)S(=O)(=O)c1ccc(C)cc1.